The van der Waals surface area contributed by atoms with E-state index in [9.17, 15) is 8.42 Å². The molecule has 0 radical (unpaired) electrons. The van der Waals surface area contributed by atoms with Gasteiger partial charge < -0.3 is 4.57 Å². The summed E-state index contributed by atoms with van der Waals surface area (Å²) >= 11 is 19.5. The fraction of sp³-hybridized carbons (Fsp3) is 0.0625. The first-order chi connectivity index (χ1) is 11.8. The van der Waals surface area contributed by atoms with E-state index in [4.69, 9.17) is 34.8 Å². The van der Waals surface area contributed by atoms with Crippen LogP contribution in [0.2, 0.25) is 15.1 Å². The summed E-state index contributed by atoms with van der Waals surface area (Å²) in [5.41, 5.74) is 0.629. The van der Waals surface area contributed by atoms with E-state index >= 15 is 0 Å². The predicted octanol–water partition coefficient (Wildman–Crippen LogP) is 5.14. The van der Waals surface area contributed by atoms with Gasteiger partial charge in [0.05, 0.1) is 25.2 Å². The Morgan fingerprint density at radius 2 is 1.72 bits per heavy atom. The minimum Gasteiger partial charge on any atom is -0.311 e. The average molecular weight is 434 g/mol. The summed E-state index contributed by atoms with van der Waals surface area (Å²) in [5, 5.41) is 1.39. The maximum Gasteiger partial charge on any atom is 0.285 e. The van der Waals surface area contributed by atoms with E-state index in [1.54, 1.807) is 22.8 Å². The number of nitrogens with zero attached hydrogens (tertiary/aromatic N) is 2. The SMILES string of the molecule is C=CCn1/c(=N/S(=O)(=O)c2ccc(Cl)cc2)sc2c(Cl)ccc(Cl)c21. The zero-order chi connectivity index (χ0) is 18.2. The molecule has 1 heterocycles. The number of rotatable bonds is 4. The van der Waals surface area contributed by atoms with Crippen LogP contribution in [-0.4, -0.2) is 13.0 Å². The van der Waals surface area contributed by atoms with E-state index in [2.05, 4.69) is 11.0 Å². The largest absolute Gasteiger partial charge is 0.311 e. The van der Waals surface area contributed by atoms with E-state index in [0.29, 0.717) is 31.8 Å². The molecule has 4 nitrogen and oxygen atoms in total. The van der Waals surface area contributed by atoms with Crippen molar-refractivity contribution < 1.29 is 8.42 Å². The lowest BCUT2D eigenvalue weighted by Gasteiger charge is -2.04. The molecule has 0 saturated heterocycles. The monoisotopic (exact) mass is 432 g/mol. The Bertz CT molecular complexity index is 1130. The van der Waals surface area contributed by atoms with E-state index in [1.165, 1.54) is 24.3 Å². The minimum atomic E-state index is -3.91. The normalized spacial score (nSPS) is 12.7. The van der Waals surface area contributed by atoms with Gasteiger partial charge >= 0.3 is 0 Å². The third-order valence-electron chi connectivity index (χ3n) is 3.35. The van der Waals surface area contributed by atoms with Gasteiger partial charge in [0.15, 0.2) is 0 Å². The lowest BCUT2D eigenvalue weighted by molar-refractivity contribution is 0.596. The van der Waals surface area contributed by atoms with Gasteiger partial charge in [0.2, 0.25) is 4.80 Å². The summed E-state index contributed by atoms with van der Waals surface area (Å²) in [6, 6.07) is 9.15. The summed E-state index contributed by atoms with van der Waals surface area (Å²) in [6.45, 7) is 4.04. The number of halogens is 3. The number of sulfonamides is 1. The third kappa shape index (κ3) is 3.64. The summed E-state index contributed by atoms with van der Waals surface area (Å²) in [7, 11) is -3.91. The van der Waals surface area contributed by atoms with Gasteiger partial charge in [-0.2, -0.15) is 8.42 Å². The van der Waals surface area contributed by atoms with Crippen molar-refractivity contribution >= 4 is 66.4 Å². The fourth-order valence-corrected chi connectivity index (χ4v) is 5.23. The average Bonchev–Trinajstić information content (AvgIpc) is 2.91. The van der Waals surface area contributed by atoms with Crippen LogP contribution in [0.15, 0.2) is 58.3 Å². The Hall–Kier alpha value is -1.31. The van der Waals surface area contributed by atoms with E-state index < -0.39 is 10.0 Å². The molecule has 0 saturated carbocycles. The van der Waals surface area contributed by atoms with E-state index in [1.807, 2.05) is 0 Å². The molecule has 0 aliphatic carbocycles. The Kier molecular flexibility index (Phi) is 5.27. The second kappa shape index (κ2) is 7.13. The molecule has 0 fully saturated rings. The molecule has 0 spiro atoms. The Labute approximate surface area is 163 Å². The van der Waals surface area contributed by atoms with Crippen LogP contribution < -0.4 is 4.80 Å². The smallest absolute Gasteiger partial charge is 0.285 e. The van der Waals surface area contributed by atoms with Gasteiger partial charge in [-0.3, -0.25) is 0 Å². The van der Waals surface area contributed by atoms with Crippen molar-refractivity contribution in [3.63, 3.8) is 0 Å². The second-order valence-corrected chi connectivity index (χ2v) is 8.84. The quantitative estimate of drug-likeness (QED) is 0.535. The molecule has 2 aromatic carbocycles. The molecular formula is C16H11Cl3N2O2S2. The molecule has 0 bridgehead atoms. The van der Waals surface area contributed by atoms with Crippen molar-refractivity contribution in [1.29, 1.82) is 0 Å². The third-order valence-corrected chi connectivity index (χ3v) is 6.84. The van der Waals surface area contributed by atoms with Gasteiger partial charge in [-0.15, -0.1) is 11.0 Å². The zero-order valence-electron chi connectivity index (χ0n) is 12.6. The molecule has 0 aliphatic heterocycles. The Balaban J connectivity index is 2.30. The summed E-state index contributed by atoms with van der Waals surface area (Å²) in [5.74, 6) is 0. The van der Waals surface area contributed by atoms with Gasteiger partial charge in [-0.25, -0.2) is 0 Å². The van der Waals surface area contributed by atoms with Crippen molar-refractivity contribution in [2.24, 2.45) is 4.40 Å². The molecule has 3 aromatic rings. The number of hydrogen-bond donors (Lipinski definition) is 0. The van der Waals surface area contributed by atoms with Crippen LogP contribution in [0.3, 0.4) is 0 Å². The Morgan fingerprint density at radius 1 is 1.08 bits per heavy atom. The van der Waals surface area contributed by atoms with Gasteiger partial charge in [-0.1, -0.05) is 52.2 Å². The highest BCUT2D eigenvalue weighted by molar-refractivity contribution is 7.90. The van der Waals surface area contributed by atoms with Crippen LogP contribution in [0.25, 0.3) is 10.2 Å². The first-order valence-corrected chi connectivity index (χ1v) is 10.4. The van der Waals surface area contributed by atoms with Crippen molar-refractivity contribution in [3.8, 4) is 0 Å². The maximum absolute atomic E-state index is 12.6. The molecule has 25 heavy (non-hydrogen) atoms. The van der Waals surface area contributed by atoms with Gasteiger partial charge in [0.25, 0.3) is 10.0 Å². The van der Waals surface area contributed by atoms with Crippen molar-refractivity contribution in [3.05, 3.63) is 68.9 Å². The topological polar surface area (TPSA) is 51.4 Å². The number of aromatic nitrogens is 1. The molecule has 130 valence electrons. The standard InChI is InChI=1S/C16H11Cl3N2O2S2/c1-2-9-21-14-12(18)7-8-13(19)15(14)24-16(21)20-25(22,23)11-5-3-10(17)4-6-11/h2-8H,1,9H2/b20-16-. The maximum atomic E-state index is 12.6. The van der Waals surface area contributed by atoms with E-state index in [-0.39, 0.29) is 9.70 Å². The van der Waals surface area contributed by atoms with Crippen molar-refractivity contribution in [2.45, 2.75) is 11.4 Å². The number of allylic oxidation sites excluding steroid dienone is 1. The second-order valence-electron chi connectivity index (χ2n) is 5.01. The van der Waals surface area contributed by atoms with Crippen LogP contribution in [0.1, 0.15) is 0 Å². The molecule has 0 N–H and O–H groups in total. The zero-order valence-corrected chi connectivity index (χ0v) is 16.5. The van der Waals surface area contributed by atoms with Crippen molar-refractivity contribution in [1.82, 2.24) is 4.57 Å². The van der Waals surface area contributed by atoms with Gasteiger partial charge in [0.1, 0.15) is 0 Å². The summed E-state index contributed by atoms with van der Waals surface area (Å²) in [4.78, 5) is 0.316. The number of benzene rings is 2. The molecule has 3 rings (SSSR count). The minimum absolute atomic E-state index is 0.0525. The molecule has 0 amide bonds. The summed E-state index contributed by atoms with van der Waals surface area (Å²) in [6.07, 6.45) is 1.64. The number of hydrogen-bond acceptors (Lipinski definition) is 3. The lowest BCUT2D eigenvalue weighted by atomic mass is 10.3. The number of thiazole rings is 1. The molecule has 9 heteroatoms. The van der Waals surface area contributed by atoms with Crippen LogP contribution in [0.4, 0.5) is 0 Å². The molecule has 0 unspecified atom stereocenters. The lowest BCUT2D eigenvalue weighted by Crippen LogP contribution is -2.16. The fourth-order valence-electron chi connectivity index (χ4n) is 2.24. The van der Waals surface area contributed by atoms with Crippen molar-refractivity contribution in [2.75, 3.05) is 0 Å². The van der Waals surface area contributed by atoms with Crippen LogP contribution in [0.5, 0.6) is 0 Å². The molecule has 0 atom stereocenters. The molecule has 0 aliphatic rings. The molecule has 1 aromatic heterocycles. The first-order valence-electron chi connectivity index (χ1n) is 6.98. The molecular weight excluding hydrogens is 423 g/mol. The first kappa shape index (κ1) is 18.5. The van der Waals surface area contributed by atoms with E-state index in [0.717, 1.165) is 11.3 Å². The summed E-state index contributed by atoms with van der Waals surface area (Å²) < 4.78 is 31.5. The Morgan fingerprint density at radius 3 is 2.36 bits per heavy atom. The highest BCUT2D eigenvalue weighted by atomic mass is 35.5. The van der Waals surface area contributed by atoms with Crippen LogP contribution in [-0.2, 0) is 16.6 Å². The highest BCUT2D eigenvalue weighted by Crippen LogP contribution is 2.32. The van der Waals surface area contributed by atoms with Gasteiger partial charge in [-0.05, 0) is 36.4 Å². The van der Waals surface area contributed by atoms with Crippen LogP contribution in [0, 0.1) is 0 Å². The number of fused-ring (bicyclic) bond motifs is 1. The highest BCUT2D eigenvalue weighted by Gasteiger charge is 2.17. The predicted molar refractivity (Wildman–Crippen MR) is 104 cm³/mol. The van der Waals surface area contributed by atoms with Crippen LogP contribution >= 0.6 is 46.1 Å². The van der Waals surface area contributed by atoms with Gasteiger partial charge in [0, 0.05) is 11.6 Å².